The van der Waals surface area contributed by atoms with Crippen LogP contribution in [0.1, 0.15) is 29.5 Å². The monoisotopic (exact) mass is 245 g/mol. The van der Waals surface area contributed by atoms with Crippen molar-refractivity contribution in [3.63, 3.8) is 0 Å². The summed E-state index contributed by atoms with van der Waals surface area (Å²) in [4.78, 5) is 0. The Kier molecular flexibility index (Phi) is 2.93. The molecule has 2 aromatic rings. The van der Waals surface area contributed by atoms with Crippen LogP contribution in [0.2, 0.25) is 0 Å². The standard InChI is InChI=1S/C15H19NS/c1-10-7-11(2)15-14(8-10)12(9-17-15)5-6-16-13-3-4-13/h7-9,13,16H,3-6H2,1-2H3. The van der Waals surface area contributed by atoms with Gasteiger partial charge in [0.2, 0.25) is 0 Å². The van der Waals surface area contributed by atoms with Crippen LogP contribution < -0.4 is 5.32 Å². The fourth-order valence-corrected chi connectivity index (χ4v) is 3.50. The predicted molar refractivity (Wildman–Crippen MR) is 76.0 cm³/mol. The highest BCUT2D eigenvalue weighted by molar-refractivity contribution is 7.17. The van der Waals surface area contributed by atoms with E-state index in [0.717, 1.165) is 12.6 Å². The Morgan fingerprint density at radius 3 is 2.88 bits per heavy atom. The van der Waals surface area contributed by atoms with Gasteiger partial charge in [0.05, 0.1) is 0 Å². The van der Waals surface area contributed by atoms with E-state index in [9.17, 15) is 0 Å². The molecule has 1 heterocycles. The number of benzene rings is 1. The smallest absolute Gasteiger partial charge is 0.0374 e. The molecule has 17 heavy (non-hydrogen) atoms. The number of fused-ring (bicyclic) bond motifs is 1. The van der Waals surface area contributed by atoms with Gasteiger partial charge < -0.3 is 5.32 Å². The second kappa shape index (κ2) is 4.43. The first-order chi connectivity index (χ1) is 8.24. The van der Waals surface area contributed by atoms with E-state index in [1.165, 1.54) is 46.0 Å². The van der Waals surface area contributed by atoms with Gasteiger partial charge in [0.25, 0.3) is 0 Å². The molecule has 0 saturated heterocycles. The topological polar surface area (TPSA) is 12.0 Å². The Morgan fingerprint density at radius 1 is 1.29 bits per heavy atom. The number of hydrogen-bond donors (Lipinski definition) is 1. The van der Waals surface area contributed by atoms with Crippen molar-refractivity contribution < 1.29 is 0 Å². The molecule has 0 atom stereocenters. The zero-order chi connectivity index (χ0) is 11.8. The maximum atomic E-state index is 3.59. The highest BCUT2D eigenvalue weighted by atomic mass is 32.1. The van der Waals surface area contributed by atoms with Crippen molar-refractivity contribution in [1.29, 1.82) is 0 Å². The number of rotatable bonds is 4. The van der Waals surface area contributed by atoms with E-state index in [1.807, 2.05) is 11.3 Å². The minimum Gasteiger partial charge on any atom is -0.314 e. The van der Waals surface area contributed by atoms with Crippen molar-refractivity contribution in [3.8, 4) is 0 Å². The first-order valence-corrected chi connectivity index (χ1v) is 7.33. The molecule has 0 unspecified atom stereocenters. The SMILES string of the molecule is Cc1cc(C)c2scc(CCNC3CC3)c2c1. The van der Waals surface area contributed by atoms with E-state index in [0.29, 0.717) is 0 Å². The van der Waals surface area contributed by atoms with Gasteiger partial charge in [0.15, 0.2) is 0 Å². The van der Waals surface area contributed by atoms with Gasteiger partial charge in [-0.05, 0) is 61.5 Å². The Balaban J connectivity index is 1.83. The molecular weight excluding hydrogens is 226 g/mol. The Hall–Kier alpha value is -0.860. The molecule has 1 fully saturated rings. The summed E-state index contributed by atoms with van der Waals surface area (Å²) in [7, 11) is 0. The average Bonchev–Trinajstić information content (AvgIpc) is 3.01. The molecular formula is C15H19NS. The fourth-order valence-electron chi connectivity index (χ4n) is 2.43. The number of nitrogens with one attached hydrogen (secondary N) is 1. The minimum absolute atomic E-state index is 0.823. The molecule has 1 saturated carbocycles. The normalized spacial score (nSPS) is 15.6. The third-order valence-corrected chi connectivity index (χ3v) is 4.67. The van der Waals surface area contributed by atoms with Crippen molar-refractivity contribution in [1.82, 2.24) is 5.32 Å². The molecule has 1 aromatic heterocycles. The van der Waals surface area contributed by atoms with Gasteiger partial charge in [-0.3, -0.25) is 0 Å². The number of hydrogen-bond acceptors (Lipinski definition) is 2. The van der Waals surface area contributed by atoms with Crippen LogP contribution in [-0.4, -0.2) is 12.6 Å². The van der Waals surface area contributed by atoms with E-state index in [4.69, 9.17) is 0 Å². The van der Waals surface area contributed by atoms with Gasteiger partial charge in [-0.25, -0.2) is 0 Å². The van der Waals surface area contributed by atoms with Gasteiger partial charge >= 0.3 is 0 Å². The summed E-state index contributed by atoms with van der Waals surface area (Å²) in [6, 6.07) is 5.44. The molecule has 0 spiro atoms. The lowest BCUT2D eigenvalue weighted by Gasteiger charge is -2.04. The zero-order valence-corrected chi connectivity index (χ0v) is 11.4. The van der Waals surface area contributed by atoms with Crippen LogP contribution in [0.25, 0.3) is 10.1 Å². The van der Waals surface area contributed by atoms with E-state index in [2.05, 4.69) is 36.7 Å². The van der Waals surface area contributed by atoms with Crippen LogP contribution in [0.4, 0.5) is 0 Å². The summed E-state index contributed by atoms with van der Waals surface area (Å²) >= 11 is 1.90. The molecule has 0 aliphatic heterocycles. The number of thiophene rings is 1. The lowest BCUT2D eigenvalue weighted by molar-refractivity contribution is 0.684. The van der Waals surface area contributed by atoms with Crippen molar-refractivity contribution in [3.05, 3.63) is 34.2 Å². The lowest BCUT2D eigenvalue weighted by atomic mass is 10.0. The third kappa shape index (κ3) is 2.38. The van der Waals surface area contributed by atoms with Crippen molar-refractivity contribution >= 4 is 21.4 Å². The van der Waals surface area contributed by atoms with Crippen molar-refractivity contribution in [2.24, 2.45) is 0 Å². The summed E-state index contributed by atoms with van der Waals surface area (Å²) in [6.07, 6.45) is 3.92. The summed E-state index contributed by atoms with van der Waals surface area (Å²) in [5.41, 5.74) is 4.32. The second-order valence-corrected chi connectivity index (χ2v) is 6.08. The van der Waals surface area contributed by atoms with E-state index < -0.39 is 0 Å². The van der Waals surface area contributed by atoms with Crippen molar-refractivity contribution in [2.75, 3.05) is 6.54 Å². The van der Waals surface area contributed by atoms with Gasteiger partial charge in [-0.15, -0.1) is 11.3 Å². The van der Waals surface area contributed by atoms with Crippen LogP contribution in [-0.2, 0) is 6.42 Å². The first-order valence-electron chi connectivity index (χ1n) is 6.45. The molecule has 90 valence electrons. The predicted octanol–water partition coefficient (Wildman–Crippen LogP) is 3.81. The second-order valence-electron chi connectivity index (χ2n) is 5.20. The van der Waals surface area contributed by atoms with Crippen LogP contribution in [0.15, 0.2) is 17.5 Å². The van der Waals surface area contributed by atoms with E-state index in [-0.39, 0.29) is 0 Å². The molecule has 0 bridgehead atoms. The lowest BCUT2D eigenvalue weighted by Crippen LogP contribution is -2.19. The highest BCUT2D eigenvalue weighted by Crippen LogP contribution is 2.30. The Labute approximate surface area is 107 Å². The summed E-state index contributed by atoms with van der Waals surface area (Å²) in [6.45, 7) is 5.54. The maximum absolute atomic E-state index is 3.59. The molecule has 3 rings (SSSR count). The minimum atomic E-state index is 0.823. The maximum Gasteiger partial charge on any atom is 0.0374 e. The number of aryl methyl sites for hydroxylation is 2. The molecule has 1 aromatic carbocycles. The third-order valence-electron chi connectivity index (χ3n) is 3.49. The highest BCUT2D eigenvalue weighted by Gasteiger charge is 2.19. The van der Waals surface area contributed by atoms with Crippen LogP contribution in [0.5, 0.6) is 0 Å². The van der Waals surface area contributed by atoms with Gasteiger partial charge in [0, 0.05) is 10.7 Å². The molecule has 2 heteroatoms. The summed E-state index contributed by atoms with van der Waals surface area (Å²) < 4.78 is 1.47. The summed E-state index contributed by atoms with van der Waals surface area (Å²) in [5.74, 6) is 0. The molecule has 1 N–H and O–H groups in total. The first kappa shape index (κ1) is 11.2. The molecule has 1 aliphatic rings. The van der Waals surface area contributed by atoms with Gasteiger partial charge in [-0.1, -0.05) is 17.7 Å². The van der Waals surface area contributed by atoms with E-state index >= 15 is 0 Å². The van der Waals surface area contributed by atoms with Crippen molar-refractivity contribution in [2.45, 2.75) is 39.2 Å². The van der Waals surface area contributed by atoms with Gasteiger partial charge in [0.1, 0.15) is 0 Å². The zero-order valence-electron chi connectivity index (χ0n) is 10.5. The quantitative estimate of drug-likeness (QED) is 0.863. The van der Waals surface area contributed by atoms with Crippen LogP contribution in [0.3, 0.4) is 0 Å². The van der Waals surface area contributed by atoms with Gasteiger partial charge in [-0.2, -0.15) is 0 Å². The molecule has 0 radical (unpaired) electrons. The van der Waals surface area contributed by atoms with Crippen LogP contribution in [0, 0.1) is 13.8 Å². The molecule has 1 nitrogen and oxygen atoms in total. The Bertz CT molecular complexity index is 537. The Morgan fingerprint density at radius 2 is 2.12 bits per heavy atom. The largest absolute Gasteiger partial charge is 0.314 e. The van der Waals surface area contributed by atoms with Crippen LogP contribution >= 0.6 is 11.3 Å². The average molecular weight is 245 g/mol. The summed E-state index contributed by atoms with van der Waals surface area (Å²) in [5, 5.41) is 7.41. The fraction of sp³-hybridized carbons (Fsp3) is 0.467. The molecule has 1 aliphatic carbocycles. The molecule has 0 amide bonds. The van der Waals surface area contributed by atoms with E-state index in [1.54, 1.807) is 0 Å².